The average molecular weight is 607 g/mol. The summed E-state index contributed by atoms with van der Waals surface area (Å²) < 4.78 is 36.6. The Balaban J connectivity index is 1.71. The monoisotopic (exact) mass is 606 g/mol. The fourth-order valence-corrected chi connectivity index (χ4v) is 7.02. The number of rotatable bonds is 14. The predicted molar refractivity (Wildman–Crippen MR) is 157 cm³/mol. The molecule has 42 heavy (non-hydrogen) atoms. The summed E-state index contributed by atoms with van der Waals surface area (Å²) in [6.45, 7) is 6.10. The van der Waals surface area contributed by atoms with E-state index in [-0.39, 0.29) is 42.2 Å². The number of fused-ring (bicyclic) bond motifs is 1. The van der Waals surface area contributed by atoms with Gasteiger partial charge in [-0.3, -0.25) is 10.4 Å². The van der Waals surface area contributed by atoms with Crippen molar-refractivity contribution >= 4 is 21.1 Å². The summed E-state index contributed by atoms with van der Waals surface area (Å²) in [6, 6.07) is 4.53. The smallest absolute Gasteiger partial charge is 0.275 e. The van der Waals surface area contributed by atoms with E-state index in [1.54, 1.807) is 6.07 Å². The lowest BCUT2D eigenvalue weighted by Gasteiger charge is -2.40. The zero-order valence-corrected chi connectivity index (χ0v) is 25.1. The highest BCUT2D eigenvalue weighted by atomic mass is 32.2. The second kappa shape index (κ2) is 13.6. The van der Waals surface area contributed by atoms with Gasteiger partial charge in [0.15, 0.2) is 0 Å². The third-order valence-electron chi connectivity index (χ3n) is 7.83. The molecule has 13 nitrogen and oxygen atoms in total. The Kier molecular flexibility index (Phi) is 10.4. The zero-order valence-electron chi connectivity index (χ0n) is 24.3. The second-order valence-corrected chi connectivity index (χ2v) is 12.6. The van der Waals surface area contributed by atoms with E-state index in [1.807, 2.05) is 24.6 Å². The van der Waals surface area contributed by atoms with Gasteiger partial charge in [-0.1, -0.05) is 20.3 Å². The Bertz CT molecular complexity index is 1530. The lowest BCUT2D eigenvalue weighted by molar-refractivity contribution is -0.135. The molecule has 1 atom stereocenters. The molecule has 14 heteroatoms. The van der Waals surface area contributed by atoms with E-state index >= 15 is 0 Å². The highest BCUT2D eigenvalue weighted by molar-refractivity contribution is 7.89. The Morgan fingerprint density at radius 3 is 2.57 bits per heavy atom. The molecule has 1 aliphatic rings. The molecule has 0 saturated carbocycles. The van der Waals surface area contributed by atoms with E-state index < -0.39 is 34.8 Å². The van der Waals surface area contributed by atoms with Crippen LogP contribution < -0.4 is 15.9 Å². The Morgan fingerprint density at radius 2 is 1.95 bits per heavy atom. The number of nitrogens with zero attached hydrogens (tertiary/aromatic N) is 3. The van der Waals surface area contributed by atoms with Gasteiger partial charge >= 0.3 is 0 Å². The Labute approximate surface area is 245 Å². The van der Waals surface area contributed by atoms with Gasteiger partial charge in [-0.05, 0) is 62.3 Å². The van der Waals surface area contributed by atoms with Gasteiger partial charge in [0.2, 0.25) is 10.0 Å². The molecular weight excluding hydrogens is 566 g/mol. The molecule has 2 aromatic heterocycles. The van der Waals surface area contributed by atoms with Crippen molar-refractivity contribution in [3.05, 3.63) is 45.5 Å². The van der Waals surface area contributed by atoms with Crippen LogP contribution in [-0.2, 0) is 27.8 Å². The third-order valence-corrected chi connectivity index (χ3v) is 9.73. The second-order valence-electron chi connectivity index (χ2n) is 10.6. The molecule has 4 N–H and O–H groups in total. The van der Waals surface area contributed by atoms with Gasteiger partial charge < -0.3 is 34.5 Å². The summed E-state index contributed by atoms with van der Waals surface area (Å²) >= 11 is 0. The highest BCUT2D eigenvalue weighted by Crippen LogP contribution is 2.35. The van der Waals surface area contributed by atoms with Gasteiger partial charge in [0.05, 0.1) is 35.8 Å². The van der Waals surface area contributed by atoms with Crippen LogP contribution in [0.15, 0.2) is 34.1 Å². The van der Waals surface area contributed by atoms with Crippen molar-refractivity contribution < 1.29 is 28.2 Å². The van der Waals surface area contributed by atoms with Gasteiger partial charge in [-0.15, -0.1) is 0 Å². The average Bonchev–Trinajstić information content (AvgIpc) is 3.36. The first-order chi connectivity index (χ1) is 20.1. The Morgan fingerprint density at radius 1 is 1.21 bits per heavy atom. The molecule has 0 radical (unpaired) electrons. The van der Waals surface area contributed by atoms with Crippen LogP contribution in [0.3, 0.4) is 0 Å². The van der Waals surface area contributed by atoms with Crippen molar-refractivity contribution in [2.24, 2.45) is 5.92 Å². The van der Waals surface area contributed by atoms with Crippen molar-refractivity contribution in [2.75, 3.05) is 32.9 Å². The van der Waals surface area contributed by atoms with Gasteiger partial charge in [-0.2, -0.15) is 4.31 Å². The minimum atomic E-state index is -3.98. The van der Waals surface area contributed by atoms with Crippen LogP contribution in [0.25, 0.3) is 22.4 Å². The van der Waals surface area contributed by atoms with E-state index in [2.05, 4.69) is 16.7 Å². The lowest BCUT2D eigenvalue weighted by Crippen LogP contribution is -2.51. The molecule has 3 aromatic rings. The van der Waals surface area contributed by atoms with E-state index in [9.17, 15) is 28.6 Å². The van der Waals surface area contributed by atoms with Crippen LogP contribution in [0.5, 0.6) is 5.75 Å². The molecular formula is C28H40N5O8S-. The molecule has 3 heterocycles. The molecule has 1 fully saturated rings. The number of sulfonamides is 1. The van der Waals surface area contributed by atoms with Crippen molar-refractivity contribution in [2.45, 2.75) is 69.9 Å². The van der Waals surface area contributed by atoms with Crippen LogP contribution in [0, 0.1) is 11.1 Å². The van der Waals surface area contributed by atoms with Gasteiger partial charge in [-0.25, -0.2) is 13.4 Å². The molecule has 232 valence electrons. The number of aliphatic hydroxyl groups is 2. The first-order valence-electron chi connectivity index (χ1n) is 14.3. The number of hydrogen-bond donors (Lipinski definition) is 4. The largest absolute Gasteiger partial charge is 0.765 e. The number of benzene rings is 1. The summed E-state index contributed by atoms with van der Waals surface area (Å²) in [4.78, 5) is 25.5. The van der Waals surface area contributed by atoms with Crippen molar-refractivity contribution in [3.63, 3.8) is 0 Å². The normalized spacial score (nSPS) is 16.6. The van der Waals surface area contributed by atoms with Crippen LogP contribution >= 0.6 is 0 Å². The number of aromatic nitrogens is 3. The van der Waals surface area contributed by atoms with Crippen LogP contribution in [0.2, 0.25) is 0 Å². The zero-order chi connectivity index (χ0) is 30.5. The van der Waals surface area contributed by atoms with Crippen molar-refractivity contribution in [1.29, 1.82) is 0 Å². The molecule has 0 amide bonds. The number of hydrogen-bond acceptors (Lipinski definition) is 10. The summed E-state index contributed by atoms with van der Waals surface area (Å²) in [5.74, 6) is 0.154. The quantitative estimate of drug-likeness (QED) is 0.199. The summed E-state index contributed by atoms with van der Waals surface area (Å²) in [6.07, 6.45) is 4.80. The Hall–Kier alpha value is -2.85. The number of aryl methyl sites for hydroxylation is 2. The molecule has 0 spiro atoms. The minimum absolute atomic E-state index is 0.0127. The maximum atomic E-state index is 13.8. The molecule has 1 aliphatic heterocycles. The first-order valence-corrected chi connectivity index (χ1v) is 15.8. The SMILES string of the molecule is CCCOc1ccc(S(=O)(=O)N2CCC(C(O)(CO)CON[O-])CC2)cc1-c1nc2c(CCC)cn(CC)c2c(=O)[nH]1. The molecule has 1 saturated heterocycles. The maximum absolute atomic E-state index is 13.8. The summed E-state index contributed by atoms with van der Waals surface area (Å²) in [5.41, 5.74) is 1.63. The topological polar surface area (TPSA) is 182 Å². The van der Waals surface area contributed by atoms with Gasteiger partial charge in [0, 0.05) is 25.8 Å². The van der Waals surface area contributed by atoms with Crippen molar-refractivity contribution in [3.8, 4) is 17.1 Å². The fourth-order valence-electron chi connectivity index (χ4n) is 5.52. The number of piperidine rings is 1. The van der Waals surface area contributed by atoms with Gasteiger partial charge in [0.25, 0.3) is 5.56 Å². The summed E-state index contributed by atoms with van der Waals surface area (Å²) in [5, 5.41) is 30.9. The van der Waals surface area contributed by atoms with Crippen LogP contribution in [-0.4, -0.2) is 76.0 Å². The fraction of sp³-hybridized carbons (Fsp3) is 0.571. The number of ether oxygens (including phenoxy) is 1. The first kappa shape index (κ1) is 32.1. The van der Waals surface area contributed by atoms with Gasteiger partial charge in [0.1, 0.15) is 22.7 Å². The number of nitrogens with one attached hydrogen (secondary N) is 2. The molecule has 1 unspecified atom stereocenters. The van der Waals surface area contributed by atoms with Crippen LogP contribution in [0.1, 0.15) is 52.0 Å². The minimum Gasteiger partial charge on any atom is -0.765 e. The molecule has 0 bridgehead atoms. The number of H-pyrrole nitrogens is 1. The molecule has 0 aliphatic carbocycles. The predicted octanol–water partition coefficient (Wildman–Crippen LogP) is 2.30. The molecule has 1 aromatic carbocycles. The third kappa shape index (κ3) is 6.39. The summed E-state index contributed by atoms with van der Waals surface area (Å²) in [7, 11) is -3.98. The van der Waals surface area contributed by atoms with E-state index in [1.165, 1.54) is 22.1 Å². The standard InChI is InChI=1S/C28H40N5O8S/c1-4-7-19-16-32(6-3)25-24(19)29-26(30-27(25)35)22-15-21(8-9-23(22)40-14-5-2)42(38,39)33-12-10-20(11-13-33)28(36,17-34)18-41-31-37/h8-9,15-16,20,31,34,36H,4-7,10-14,17-18H2,1-3H3,(H,29,30,35)/q-1. The number of aliphatic hydroxyl groups excluding tert-OH is 1. The molecule has 4 rings (SSSR count). The lowest BCUT2D eigenvalue weighted by atomic mass is 9.82. The maximum Gasteiger partial charge on any atom is 0.275 e. The highest BCUT2D eigenvalue weighted by Gasteiger charge is 2.41. The van der Waals surface area contributed by atoms with E-state index in [0.717, 1.165) is 24.8 Å². The van der Waals surface area contributed by atoms with E-state index in [4.69, 9.17) is 9.72 Å². The van der Waals surface area contributed by atoms with Crippen molar-refractivity contribution in [1.82, 2.24) is 24.5 Å². The number of aromatic amines is 1. The van der Waals surface area contributed by atoms with E-state index in [0.29, 0.717) is 35.5 Å². The van der Waals surface area contributed by atoms with Crippen LogP contribution in [0.4, 0.5) is 0 Å².